The van der Waals surface area contributed by atoms with E-state index in [0.29, 0.717) is 0 Å². The molecule has 0 amide bonds. The third-order valence-corrected chi connectivity index (χ3v) is 2.22. The van der Waals surface area contributed by atoms with E-state index in [-0.39, 0.29) is 0 Å². The summed E-state index contributed by atoms with van der Waals surface area (Å²) in [5.41, 5.74) is 8.61. The van der Waals surface area contributed by atoms with Gasteiger partial charge in [0, 0.05) is 12.4 Å². The minimum atomic E-state index is 0.735. The summed E-state index contributed by atoms with van der Waals surface area (Å²) in [6.45, 7) is 2.70. The summed E-state index contributed by atoms with van der Waals surface area (Å²) in [7, 11) is 0. The van der Waals surface area contributed by atoms with Crippen molar-refractivity contribution < 1.29 is 0 Å². The molecule has 2 aromatic heterocycles. The molecule has 0 unspecified atom stereocenters. The van der Waals surface area contributed by atoms with Gasteiger partial charge in [-0.1, -0.05) is 0 Å². The molecule has 2 heterocycles. The summed E-state index contributed by atoms with van der Waals surface area (Å²) in [6.07, 6.45) is 5.23. The lowest BCUT2D eigenvalue weighted by Gasteiger charge is -2.03. The van der Waals surface area contributed by atoms with Gasteiger partial charge in [0.05, 0.1) is 24.1 Å². The average molecular weight is 188 g/mol. The van der Waals surface area contributed by atoms with Crippen LogP contribution < -0.4 is 5.73 Å². The van der Waals surface area contributed by atoms with Crippen molar-refractivity contribution in [1.82, 2.24) is 14.8 Å². The van der Waals surface area contributed by atoms with Gasteiger partial charge in [-0.2, -0.15) is 5.10 Å². The van der Waals surface area contributed by atoms with E-state index < -0.39 is 0 Å². The van der Waals surface area contributed by atoms with Crippen LogP contribution in [0.3, 0.4) is 0 Å². The van der Waals surface area contributed by atoms with Gasteiger partial charge in [-0.05, 0) is 24.6 Å². The zero-order chi connectivity index (χ0) is 9.97. The molecule has 2 aromatic rings. The lowest BCUT2D eigenvalue weighted by molar-refractivity contribution is 0.665. The molecule has 4 nitrogen and oxygen atoms in total. The minimum absolute atomic E-state index is 0.735. The predicted octanol–water partition coefficient (Wildman–Crippen LogP) is 1.22. The van der Waals surface area contributed by atoms with Crippen LogP contribution in [0.4, 0.5) is 5.69 Å². The number of nitrogens with zero attached hydrogens (tertiary/aromatic N) is 3. The van der Waals surface area contributed by atoms with Crippen LogP contribution in [0.5, 0.6) is 0 Å². The van der Waals surface area contributed by atoms with Gasteiger partial charge in [0.1, 0.15) is 0 Å². The van der Waals surface area contributed by atoms with E-state index >= 15 is 0 Å². The van der Waals surface area contributed by atoms with E-state index in [1.165, 1.54) is 5.56 Å². The second-order valence-corrected chi connectivity index (χ2v) is 3.20. The molecule has 0 fully saturated rings. The summed E-state index contributed by atoms with van der Waals surface area (Å²) < 4.78 is 1.88. The number of nitrogen functional groups attached to an aromatic ring is 1. The fourth-order valence-electron chi connectivity index (χ4n) is 1.28. The van der Waals surface area contributed by atoms with Crippen LogP contribution in [-0.4, -0.2) is 14.8 Å². The molecule has 0 bridgehead atoms. The van der Waals surface area contributed by atoms with E-state index in [9.17, 15) is 0 Å². The predicted molar refractivity (Wildman–Crippen MR) is 54.7 cm³/mol. The summed E-state index contributed by atoms with van der Waals surface area (Å²) in [5.74, 6) is 0. The molecule has 0 saturated carbocycles. The lowest BCUT2D eigenvalue weighted by Crippen LogP contribution is -2.04. The van der Waals surface area contributed by atoms with Crippen molar-refractivity contribution in [3.05, 3.63) is 42.0 Å². The fraction of sp³-hybridized carbons (Fsp3) is 0.200. The van der Waals surface area contributed by atoms with Gasteiger partial charge in [-0.25, -0.2) is 0 Å². The Balaban J connectivity index is 2.23. The van der Waals surface area contributed by atoms with E-state index in [2.05, 4.69) is 10.1 Å². The number of hydrogen-bond donors (Lipinski definition) is 1. The van der Waals surface area contributed by atoms with Crippen molar-refractivity contribution >= 4 is 5.69 Å². The molecule has 0 aliphatic rings. The van der Waals surface area contributed by atoms with Gasteiger partial charge in [0.2, 0.25) is 0 Å². The Morgan fingerprint density at radius 3 is 2.64 bits per heavy atom. The first-order valence-electron chi connectivity index (χ1n) is 4.44. The second-order valence-electron chi connectivity index (χ2n) is 3.20. The summed E-state index contributed by atoms with van der Waals surface area (Å²) in [4.78, 5) is 3.96. The van der Waals surface area contributed by atoms with Crippen LogP contribution >= 0.6 is 0 Å². The van der Waals surface area contributed by atoms with E-state index in [0.717, 1.165) is 17.9 Å². The highest BCUT2D eigenvalue weighted by Gasteiger charge is 2.02. The SMILES string of the molecule is Cc1c(N)cnn1Cc1ccncc1. The maximum absolute atomic E-state index is 5.70. The van der Waals surface area contributed by atoms with Gasteiger partial charge < -0.3 is 5.73 Å². The zero-order valence-electron chi connectivity index (χ0n) is 8.01. The largest absolute Gasteiger partial charge is 0.396 e. The Bertz CT molecular complexity index is 419. The van der Waals surface area contributed by atoms with Gasteiger partial charge in [0.25, 0.3) is 0 Å². The minimum Gasteiger partial charge on any atom is -0.396 e. The number of aromatic nitrogens is 3. The molecule has 2 rings (SSSR count). The molecule has 4 heteroatoms. The van der Waals surface area contributed by atoms with Crippen molar-refractivity contribution in [2.45, 2.75) is 13.5 Å². The standard InChI is InChI=1S/C10H12N4/c1-8-10(11)6-13-14(8)7-9-2-4-12-5-3-9/h2-6H,7,11H2,1H3. The number of nitrogens with two attached hydrogens (primary N) is 1. The highest BCUT2D eigenvalue weighted by molar-refractivity contribution is 5.39. The number of rotatable bonds is 2. The van der Waals surface area contributed by atoms with Crippen LogP contribution in [0.1, 0.15) is 11.3 Å². The molecule has 0 radical (unpaired) electrons. The molecule has 0 aliphatic heterocycles. The molecular formula is C10H12N4. The van der Waals surface area contributed by atoms with Crippen LogP contribution in [0, 0.1) is 6.92 Å². The van der Waals surface area contributed by atoms with Crippen LogP contribution in [0.25, 0.3) is 0 Å². The van der Waals surface area contributed by atoms with Gasteiger partial charge in [-0.15, -0.1) is 0 Å². The maximum Gasteiger partial charge on any atom is 0.0730 e. The van der Waals surface area contributed by atoms with Crippen LogP contribution in [-0.2, 0) is 6.54 Å². The zero-order valence-corrected chi connectivity index (χ0v) is 8.01. The van der Waals surface area contributed by atoms with E-state index in [4.69, 9.17) is 5.73 Å². The van der Waals surface area contributed by atoms with Crippen molar-refractivity contribution in [2.75, 3.05) is 5.73 Å². The number of pyridine rings is 1. The van der Waals surface area contributed by atoms with Crippen molar-refractivity contribution in [1.29, 1.82) is 0 Å². The smallest absolute Gasteiger partial charge is 0.0730 e. The quantitative estimate of drug-likeness (QED) is 0.770. The average Bonchev–Trinajstić information content (AvgIpc) is 2.52. The highest BCUT2D eigenvalue weighted by atomic mass is 15.3. The molecular weight excluding hydrogens is 176 g/mol. The fourth-order valence-corrected chi connectivity index (χ4v) is 1.28. The second kappa shape index (κ2) is 3.49. The van der Waals surface area contributed by atoms with Gasteiger partial charge in [-0.3, -0.25) is 9.67 Å². The van der Waals surface area contributed by atoms with Crippen LogP contribution in [0.15, 0.2) is 30.7 Å². The topological polar surface area (TPSA) is 56.7 Å². The molecule has 0 saturated heterocycles. The third kappa shape index (κ3) is 1.59. The molecule has 0 atom stereocenters. The molecule has 72 valence electrons. The van der Waals surface area contributed by atoms with Gasteiger partial charge in [0.15, 0.2) is 0 Å². The normalized spacial score (nSPS) is 10.4. The summed E-state index contributed by atoms with van der Waals surface area (Å²) >= 11 is 0. The van der Waals surface area contributed by atoms with E-state index in [1.807, 2.05) is 23.7 Å². The first-order chi connectivity index (χ1) is 6.77. The Hall–Kier alpha value is -1.84. The molecule has 0 aliphatic carbocycles. The molecule has 14 heavy (non-hydrogen) atoms. The van der Waals surface area contributed by atoms with E-state index in [1.54, 1.807) is 18.6 Å². The Morgan fingerprint density at radius 1 is 1.36 bits per heavy atom. The Labute approximate surface area is 82.4 Å². The highest BCUT2D eigenvalue weighted by Crippen LogP contribution is 2.10. The first-order valence-corrected chi connectivity index (χ1v) is 4.44. The summed E-state index contributed by atoms with van der Waals surface area (Å²) in [5, 5.41) is 4.18. The molecule has 2 N–H and O–H groups in total. The number of anilines is 1. The Kier molecular flexibility index (Phi) is 2.18. The molecule has 0 spiro atoms. The monoisotopic (exact) mass is 188 g/mol. The Morgan fingerprint density at radius 2 is 2.07 bits per heavy atom. The summed E-state index contributed by atoms with van der Waals surface area (Å²) in [6, 6.07) is 3.94. The van der Waals surface area contributed by atoms with Crippen molar-refractivity contribution in [3.63, 3.8) is 0 Å². The maximum atomic E-state index is 5.70. The van der Waals surface area contributed by atoms with Gasteiger partial charge >= 0.3 is 0 Å². The van der Waals surface area contributed by atoms with Crippen LogP contribution in [0.2, 0.25) is 0 Å². The lowest BCUT2D eigenvalue weighted by atomic mass is 10.2. The van der Waals surface area contributed by atoms with Crippen molar-refractivity contribution in [2.24, 2.45) is 0 Å². The molecule has 0 aromatic carbocycles. The first kappa shape index (κ1) is 8.74. The third-order valence-electron chi connectivity index (χ3n) is 2.22. The number of hydrogen-bond acceptors (Lipinski definition) is 3. The van der Waals surface area contributed by atoms with Crippen molar-refractivity contribution in [3.8, 4) is 0 Å².